The first-order valence-corrected chi connectivity index (χ1v) is 23.3. The Morgan fingerprint density at radius 1 is 0.939 bits per heavy atom. The standard InChI is InChI=1S/C48H52N10O6S2/c1-24-27(4)66-47-39(24)40(53-34(19-38(60)64-9)43-56-55-28(5)58(43)47)31-14-12-30(13-15-31)35-20-49-21-36(52-35)44(61)54-42(48(6,7)8)46(63)57-22-33(59)18-37(57)45(62)51-25(2)29-10-16-32(17-11-29)41-26(3)50-23-65-41/h10-17,20-21,23,25,33-34,37,42,59H,18-19,22H2,1-9H3,(H,51,62)(H,54,61)/t25?,33-,34?,37?,42?/m1/s1. The molecule has 2 aliphatic rings. The van der Waals surface area contributed by atoms with Crippen LogP contribution in [0.3, 0.4) is 0 Å². The third-order valence-electron chi connectivity index (χ3n) is 12.2. The van der Waals surface area contributed by atoms with Crippen molar-refractivity contribution in [3.8, 4) is 26.7 Å². The smallest absolute Gasteiger partial charge is 0.308 e. The van der Waals surface area contributed by atoms with Crippen LogP contribution in [0.4, 0.5) is 0 Å². The molecule has 0 saturated carbocycles. The number of rotatable bonds is 11. The summed E-state index contributed by atoms with van der Waals surface area (Å²) in [6.07, 6.45) is 2.01. The zero-order chi connectivity index (χ0) is 47.2. The average Bonchev–Trinajstić information content (AvgIpc) is 4.07. The van der Waals surface area contributed by atoms with Gasteiger partial charge in [0.2, 0.25) is 11.8 Å². The third kappa shape index (κ3) is 9.04. The van der Waals surface area contributed by atoms with Crippen LogP contribution < -0.4 is 10.6 Å². The Hall–Kier alpha value is -6.50. The molecule has 1 saturated heterocycles. The maximum Gasteiger partial charge on any atom is 0.308 e. The van der Waals surface area contributed by atoms with Crippen molar-refractivity contribution in [3.05, 3.63) is 117 Å². The molecule has 0 spiro atoms. The molecule has 3 N–H and O–H groups in total. The van der Waals surface area contributed by atoms with Gasteiger partial charge in [0.1, 0.15) is 34.6 Å². The van der Waals surface area contributed by atoms with Crippen molar-refractivity contribution in [1.29, 1.82) is 0 Å². The van der Waals surface area contributed by atoms with Crippen molar-refractivity contribution < 1.29 is 29.0 Å². The number of thiazole rings is 1. The molecule has 0 aliphatic carbocycles. The van der Waals surface area contributed by atoms with E-state index in [-0.39, 0.29) is 31.1 Å². The Bertz CT molecular complexity index is 2860. The summed E-state index contributed by atoms with van der Waals surface area (Å²) < 4.78 is 7.00. The van der Waals surface area contributed by atoms with Crippen LogP contribution in [0.25, 0.3) is 26.7 Å². The molecule has 2 aromatic carbocycles. The number of benzene rings is 2. The van der Waals surface area contributed by atoms with E-state index in [1.165, 1.54) is 18.2 Å². The second kappa shape index (κ2) is 18.4. The van der Waals surface area contributed by atoms with Crippen LogP contribution in [0.15, 0.2) is 71.4 Å². The number of aliphatic hydroxyl groups is 1. The Balaban J connectivity index is 0.994. The zero-order valence-electron chi connectivity index (χ0n) is 38.2. The van der Waals surface area contributed by atoms with Gasteiger partial charge in [0.15, 0.2) is 5.82 Å². The second-order valence-corrected chi connectivity index (χ2v) is 19.9. The highest BCUT2D eigenvalue weighted by molar-refractivity contribution is 7.15. The van der Waals surface area contributed by atoms with Crippen molar-refractivity contribution in [3.63, 3.8) is 0 Å². The number of amides is 3. The Kier molecular flexibility index (Phi) is 12.8. The number of aliphatic imine (C=N–C) groups is 1. The number of aliphatic hydroxyl groups excluding tert-OH is 1. The summed E-state index contributed by atoms with van der Waals surface area (Å²) in [5.41, 5.74) is 8.46. The minimum absolute atomic E-state index is 0.00840. The lowest BCUT2D eigenvalue weighted by Crippen LogP contribution is -2.58. The van der Waals surface area contributed by atoms with E-state index in [9.17, 15) is 24.3 Å². The number of likely N-dealkylation sites (tertiary alicyclic amines) is 1. The maximum absolute atomic E-state index is 14.4. The topological polar surface area (TPSA) is 207 Å². The number of thiophene rings is 1. The number of ether oxygens (including phenoxy) is 1. The van der Waals surface area contributed by atoms with Gasteiger partial charge in [-0.3, -0.25) is 33.7 Å². The number of esters is 1. The molecule has 4 aromatic heterocycles. The van der Waals surface area contributed by atoms with Gasteiger partial charge in [-0.1, -0.05) is 69.3 Å². The Morgan fingerprint density at radius 3 is 2.30 bits per heavy atom. The number of hydrogen-bond acceptors (Lipinski definition) is 14. The molecule has 4 unspecified atom stereocenters. The molecule has 3 amide bonds. The van der Waals surface area contributed by atoms with E-state index in [0.717, 1.165) is 48.3 Å². The molecule has 1 fully saturated rings. The molecule has 6 heterocycles. The summed E-state index contributed by atoms with van der Waals surface area (Å²) in [7, 11) is 1.35. The fraction of sp³-hybridized carbons (Fsp3) is 0.375. The fourth-order valence-electron chi connectivity index (χ4n) is 8.40. The normalized spacial score (nSPS) is 17.8. The highest BCUT2D eigenvalue weighted by Crippen LogP contribution is 2.40. The summed E-state index contributed by atoms with van der Waals surface area (Å²) in [6.45, 7) is 15.2. The number of methoxy groups -OCH3 is 1. The van der Waals surface area contributed by atoms with Crippen LogP contribution in [-0.4, -0.2) is 101 Å². The summed E-state index contributed by atoms with van der Waals surface area (Å²) in [5.74, 6) is -0.690. The average molecular weight is 929 g/mol. The molecule has 16 nitrogen and oxygen atoms in total. The summed E-state index contributed by atoms with van der Waals surface area (Å²) >= 11 is 3.18. The molecule has 5 atom stereocenters. The number of aryl methyl sites for hydroxylation is 3. The molecule has 0 radical (unpaired) electrons. The van der Waals surface area contributed by atoms with E-state index in [4.69, 9.17) is 9.73 Å². The molecule has 6 aromatic rings. The molecule has 2 aliphatic heterocycles. The van der Waals surface area contributed by atoms with E-state index in [0.29, 0.717) is 28.6 Å². The predicted molar refractivity (Wildman–Crippen MR) is 252 cm³/mol. The lowest BCUT2D eigenvalue weighted by Gasteiger charge is -2.35. The number of nitrogens with zero attached hydrogens (tertiary/aromatic N) is 8. The minimum Gasteiger partial charge on any atom is -0.469 e. The molecule has 18 heteroatoms. The van der Waals surface area contributed by atoms with Gasteiger partial charge in [-0.15, -0.1) is 32.9 Å². The Labute approximate surface area is 390 Å². The van der Waals surface area contributed by atoms with Crippen LogP contribution in [0.1, 0.15) is 108 Å². The fourth-order valence-corrected chi connectivity index (χ4v) is 10.4. The van der Waals surface area contributed by atoms with E-state index in [2.05, 4.69) is 49.6 Å². The third-order valence-corrected chi connectivity index (χ3v) is 14.3. The molecular weight excluding hydrogens is 877 g/mol. The van der Waals surface area contributed by atoms with Crippen molar-refractivity contribution in [1.82, 2.24) is 45.2 Å². The second-order valence-electron chi connectivity index (χ2n) is 17.8. The van der Waals surface area contributed by atoms with Crippen molar-refractivity contribution >= 4 is 52.1 Å². The van der Waals surface area contributed by atoms with Crippen LogP contribution in [-0.2, 0) is 19.1 Å². The van der Waals surface area contributed by atoms with E-state index in [1.807, 2.05) is 100 Å². The molecular formula is C48H52N10O6S2. The number of β-amino-alcohol motifs (C(OH)–C–C–N with tert-alkyl or cyclic N) is 1. The number of hydrogen-bond donors (Lipinski definition) is 3. The lowest BCUT2D eigenvalue weighted by molar-refractivity contribution is -0.142. The van der Waals surface area contributed by atoms with Gasteiger partial charge in [0.05, 0.1) is 65.6 Å². The van der Waals surface area contributed by atoms with Crippen molar-refractivity contribution in [2.24, 2.45) is 10.4 Å². The van der Waals surface area contributed by atoms with Crippen molar-refractivity contribution in [2.45, 2.75) is 98.5 Å². The van der Waals surface area contributed by atoms with Gasteiger partial charge in [-0.2, -0.15) is 0 Å². The van der Waals surface area contributed by atoms with Crippen LogP contribution >= 0.6 is 22.7 Å². The van der Waals surface area contributed by atoms with Gasteiger partial charge >= 0.3 is 5.97 Å². The van der Waals surface area contributed by atoms with E-state index < -0.39 is 53.3 Å². The van der Waals surface area contributed by atoms with Crippen molar-refractivity contribution in [2.75, 3.05) is 13.7 Å². The summed E-state index contributed by atoms with van der Waals surface area (Å²) in [6, 6.07) is 12.4. The number of carbonyl (C=O) groups excluding carboxylic acids is 4. The monoisotopic (exact) mass is 928 g/mol. The van der Waals surface area contributed by atoms with Gasteiger partial charge in [0, 0.05) is 34.5 Å². The van der Waals surface area contributed by atoms with Gasteiger partial charge in [-0.05, 0) is 56.7 Å². The summed E-state index contributed by atoms with van der Waals surface area (Å²) in [4.78, 5) is 76.9. The number of carbonyl (C=O) groups is 4. The number of nitrogens with one attached hydrogen (secondary N) is 2. The quantitative estimate of drug-likeness (QED) is 0.118. The lowest BCUT2D eigenvalue weighted by atomic mass is 9.85. The first-order chi connectivity index (χ1) is 31.4. The highest BCUT2D eigenvalue weighted by Gasteiger charge is 2.45. The summed E-state index contributed by atoms with van der Waals surface area (Å²) in [5, 5.41) is 26.4. The number of aromatic nitrogens is 6. The van der Waals surface area contributed by atoms with Crippen LogP contribution in [0.2, 0.25) is 0 Å². The number of fused-ring (bicyclic) bond motifs is 3. The predicted octanol–water partition coefficient (Wildman–Crippen LogP) is 6.58. The van der Waals surface area contributed by atoms with Crippen LogP contribution in [0.5, 0.6) is 0 Å². The SMILES string of the molecule is COC(=O)CC1N=C(c2ccc(-c3cncc(C(=O)NC(C(=O)N4C[C@H](O)CC4C(=O)NC(C)c4ccc(-c5scnc5C)cc4)C(C)(C)C)n3)cc2)c2c(sc(C)c2C)-n2c(C)nnc21. The largest absolute Gasteiger partial charge is 0.469 e. The zero-order valence-corrected chi connectivity index (χ0v) is 39.9. The highest BCUT2D eigenvalue weighted by atomic mass is 32.1. The first kappa shape index (κ1) is 46.0. The first-order valence-electron chi connectivity index (χ1n) is 21.6. The van der Waals surface area contributed by atoms with Gasteiger partial charge in [-0.25, -0.2) is 9.97 Å². The van der Waals surface area contributed by atoms with Gasteiger partial charge in [0.25, 0.3) is 5.91 Å². The molecule has 0 bridgehead atoms. The molecule has 66 heavy (non-hydrogen) atoms. The Morgan fingerprint density at radius 2 is 1.64 bits per heavy atom. The van der Waals surface area contributed by atoms with Crippen LogP contribution in [0, 0.1) is 33.1 Å². The molecule has 342 valence electrons. The maximum atomic E-state index is 14.4. The van der Waals surface area contributed by atoms with Gasteiger partial charge < -0.3 is 25.4 Å². The minimum atomic E-state index is -1.08. The van der Waals surface area contributed by atoms with E-state index >= 15 is 0 Å². The molecule has 8 rings (SSSR count). The van der Waals surface area contributed by atoms with E-state index in [1.54, 1.807) is 28.9 Å².